The molecular formula is C19H16ClIN2O2. The third kappa shape index (κ3) is 5.48. The lowest BCUT2D eigenvalue weighted by atomic mass is 10.1. The molecule has 1 N–H and O–H groups in total. The van der Waals surface area contributed by atoms with Crippen LogP contribution in [0.3, 0.4) is 0 Å². The van der Waals surface area contributed by atoms with Gasteiger partial charge < -0.3 is 10.1 Å². The summed E-state index contributed by atoms with van der Waals surface area (Å²) >= 11 is 8.13. The summed E-state index contributed by atoms with van der Waals surface area (Å²) in [5.74, 6) is 0.216. The number of hydrogen-bond donors (Lipinski definition) is 1. The van der Waals surface area contributed by atoms with Gasteiger partial charge in [-0.05, 0) is 84.0 Å². The maximum Gasteiger partial charge on any atom is 0.266 e. The van der Waals surface area contributed by atoms with Crippen LogP contribution in [0, 0.1) is 21.8 Å². The van der Waals surface area contributed by atoms with Crippen LogP contribution in [0.4, 0.5) is 5.69 Å². The molecule has 1 amide bonds. The summed E-state index contributed by atoms with van der Waals surface area (Å²) in [7, 11) is 0. The second-order valence-electron chi connectivity index (χ2n) is 5.24. The molecule has 4 nitrogen and oxygen atoms in total. The Kier molecular flexibility index (Phi) is 6.85. The fourth-order valence-electron chi connectivity index (χ4n) is 2.15. The van der Waals surface area contributed by atoms with Gasteiger partial charge >= 0.3 is 0 Å². The molecule has 0 fully saturated rings. The molecule has 0 saturated carbocycles. The van der Waals surface area contributed by atoms with Gasteiger partial charge in [0.05, 0.1) is 6.61 Å². The number of hydrogen-bond acceptors (Lipinski definition) is 3. The average molecular weight is 467 g/mol. The number of benzene rings is 2. The van der Waals surface area contributed by atoms with Gasteiger partial charge in [-0.3, -0.25) is 4.79 Å². The van der Waals surface area contributed by atoms with Crippen LogP contribution >= 0.6 is 34.2 Å². The Morgan fingerprint density at radius 2 is 2.12 bits per heavy atom. The molecule has 0 spiro atoms. The SMILES string of the molecule is CCOc1cc(I)cc(/C=C(\C#N)C(=O)Nc2cc(Cl)ccc2C)c1. The van der Waals surface area contributed by atoms with Gasteiger partial charge in [0.2, 0.25) is 0 Å². The van der Waals surface area contributed by atoms with E-state index >= 15 is 0 Å². The van der Waals surface area contributed by atoms with Crippen molar-refractivity contribution in [2.45, 2.75) is 13.8 Å². The van der Waals surface area contributed by atoms with E-state index < -0.39 is 5.91 Å². The number of ether oxygens (including phenoxy) is 1. The summed E-state index contributed by atoms with van der Waals surface area (Å²) in [6, 6.07) is 12.7. The summed E-state index contributed by atoms with van der Waals surface area (Å²) in [5.41, 5.74) is 2.17. The molecule has 0 heterocycles. The number of carbonyl (C=O) groups is 1. The minimum absolute atomic E-state index is 0.00354. The van der Waals surface area contributed by atoms with Crippen LogP contribution < -0.4 is 10.1 Å². The van der Waals surface area contributed by atoms with Gasteiger partial charge in [0.15, 0.2) is 0 Å². The number of amides is 1. The molecule has 0 radical (unpaired) electrons. The number of halogens is 2. The van der Waals surface area contributed by atoms with Gasteiger partial charge in [0.1, 0.15) is 17.4 Å². The summed E-state index contributed by atoms with van der Waals surface area (Å²) in [5, 5.41) is 12.6. The molecule has 25 heavy (non-hydrogen) atoms. The topological polar surface area (TPSA) is 62.1 Å². The molecule has 128 valence electrons. The van der Waals surface area contributed by atoms with E-state index in [2.05, 4.69) is 27.9 Å². The van der Waals surface area contributed by atoms with Gasteiger partial charge in [-0.25, -0.2) is 0 Å². The highest BCUT2D eigenvalue weighted by molar-refractivity contribution is 14.1. The summed E-state index contributed by atoms with van der Waals surface area (Å²) < 4.78 is 6.45. The normalized spacial score (nSPS) is 10.9. The summed E-state index contributed by atoms with van der Waals surface area (Å²) in [4.78, 5) is 12.4. The van der Waals surface area contributed by atoms with Crippen molar-refractivity contribution in [1.82, 2.24) is 0 Å². The third-order valence-corrected chi connectivity index (χ3v) is 4.19. The van der Waals surface area contributed by atoms with Crippen molar-refractivity contribution in [3.05, 3.63) is 61.7 Å². The zero-order chi connectivity index (χ0) is 18.4. The molecule has 0 aromatic heterocycles. The van der Waals surface area contributed by atoms with E-state index in [1.807, 2.05) is 38.1 Å². The second kappa shape index (κ2) is 8.88. The highest BCUT2D eigenvalue weighted by atomic mass is 127. The van der Waals surface area contributed by atoms with Crippen molar-refractivity contribution in [3.63, 3.8) is 0 Å². The monoisotopic (exact) mass is 466 g/mol. The minimum atomic E-state index is -0.482. The van der Waals surface area contributed by atoms with Crippen molar-refractivity contribution in [2.24, 2.45) is 0 Å². The number of rotatable bonds is 5. The predicted octanol–water partition coefficient (Wildman–Crippen LogP) is 5.20. The Morgan fingerprint density at radius 3 is 2.80 bits per heavy atom. The Labute approximate surface area is 165 Å². The highest BCUT2D eigenvalue weighted by Gasteiger charge is 2.12. The van der Waals surface area contributed by atoms with Gasteiger partial charge in [-0.15, -0.1) is 0 Å². The van der Waals surface area contributed by atoms with E-state index in [1.165, 1.54) is 0 Å². The van der Waals surface area contributed by atoms with Crippen LogP contribution in [0.25, 0.3) is 6.08 Å². The first-order chi connectivity index (χ1) is 11.9. The Bertz CT molecular complexity index is 872. The first kappa shape index (κ1) is 19.3. The number of carbonyl (C=O) groups excluding carboxylic acids is 1. The van der Waals surface area contributed by atoms with Crippen molar-refractivity contribution in [2.75, 3.05) is 11.9 Å². The molecule has 2 rings (SSSR count). The van der Waals surface area contributed by atoms with Crippen LogP contribution in [-0.4, -0.2) is 12.5 Å². The van der Waals surface area contributed by atoms with E-state index in [9.17, 15) is 10.1 Å². The van der Waals surface area contributed by atoms with Crippen molar-refractivity contribution >= 4 is 51.9 Å². The first-order valence-corrected chi connectivity index (χ1v) is 9.01. The minimum Gasteiger partial charge on any atom is -0.494 e. The Morgan fingerprint density at radius 1 is 1.36 bits per heavy atom. The molecule has 0 aliphatic carbocycles. The molecule has 0 atom stereocenters. The maximum absolute atomic E-state index is 12.4. The van der Waals surface area contributed by atoms with Crippen LogP contribution in [-0.2, 0) is 4.79 Å². The summed E-state index contributed by atoms with van der Waals surface area (Å²) in [6.07, 6.45) is 1.54. The maximum atomic E-state index is 12.4. The van der Waals surface area contributed by atoms with Gasteiger partial charge in [-0.2, -0.15) is 5.26 Å². The van der Waals surface area contributed by atoms with Crippen molar-refractivity contribution in [3.8, 4) is 11.8 Å². The fraction of sp³-hybridized carbons (Fsp3) is 0.158. The lowest BCUT2D eigenvalue weighted by Gasteiger charge is -2.09. The number of anilines is 1. The fourth-order valence-corrected chi connectivity index (χ4v) is 2.99. The van der Waals surface area contributed by atoms with Crippen molar-refractivity contribution in [1.29, 1.82) is 5.26 Å². The predicted molar refractivity (Wildman–Crippen MR) is 109 cm³/mol. The second-order valence-corrected chi connectivity index (χ2v) is 6.92. The van der Waals surface area contributed by atoms with Crippen LogP contribution in [0.5, 0.6) is 5.75 Å². The van der Waals surface area contributed by atoms with Crippen LogP contribution in [0.2, 0.25) is 5.02 Å². The highest BCUT2D eigenvalue weighted by Crippen LogP contribution is 2.23. The van der Waals surface area contributed by atoms with Crippen LogP contribution in [0.1, 0.15) is 18.1 Å². The lowest BCUT2D eigenvalue weighted by molar-refractivity contribution is -0.112. The van der Waals surface area contributed by atoms with Gasteiger partial charge in [-0.1, -0.05) is 17.7 Å². The molecule has 0 aliphatic heterocycles. The van der Waals surface area contributed by atoms with Crippen LogP contribution in [0.15, 0.2) is 42.0 Å². The zero-order valence-electron chi connectivity index (χ0n) is 13.8. The Balaban J connectivity index is 2.29. The Hall–Kier alpha value is -2.04. The summed E-state index contributed by atoms with van der Waals surface area (Å²) in [6.45, 7) is 4.30. The largest absolute Gasteiger partial charge is 0.494 e. The molecule has 2 aromatic carbocycles. The standard InChI is InChI=1S/C19H16ClIN2O2/c1-3-25-17-8-13(7-16(21)10-17)6-14(11-22)19(24)23-18-9-15(20)5-4-12(18)2/h4-10H,3H2,1-2H3,(H,23,24)/b14-6+. The number of nitrogens with zero attached hydrogens (tertiary/aromatic N) is 1. The molecular weight excluding hydrogens is 451 g/mol. The van der Waals surface area contributed by atoms with E-state index in [4.69, 9.17) is 16.3 Å². The lowest BCUT2D eigenvalue weighted by Crippen LogP contribution is -2.14. The number of nitrogens with one attached hydrogen (secondary N) is 1. The smallest absolute Gasteiger partial charge is 0.266 e. The molecule has 2 aromatic rings. The van der Waals surface area contributed by atoms with E-state index in [0.717, 1.165) is 14.7 Å². The molecule has 0 unspecified atom stereocenters. The molecule has 0 bridgehead atoms. The first-order valence-electron chi connectivity index (χ1n) is 7.55. The quantitative estimate of drug-likeness (QED) is 0.374. The van der Waals surface area contributed by atoms with Gasteiger partial charge in [0, 0.05) is 14.3 Å². The number of nitriles is 1. The third-order valence-electron chi connectivity index (χ3n) is 3.33. The van der Waals surface area contributed by atoms with E-state index in [0.29, 0.717) is 23.1 Å². The molecule has 0 aliphatic rings. The zero-order valence-corrected chi connectivity index (χ0v) is 16.7. The number of aryl methyl sites for hydroxylation is 1. The average Bonchev–Trinajstić information content (AvgIpc) is 2.55. The van der Waals surface area contributed by atoms with E-state index in [-0.39, 0.29) is 5.57 Å². The molecule has 0 saturated heterocycles. The van der Waals surface area contributed by atoms with E-state index in [1.54, 1.807) is 24.3 Å². The molecule has 6 heteroatoms. The van der Waals surface area contributed by atoms with Crippen molar-refractivity contribution < 1.29 is 9.53 Å². The van der Waals surface area contributed by atoms with Gasteiger partial charge in [0.25, 0.3) is 5.91 Å².